The molecule has 3 aliphatic heterocycles. The Kier molecular flexibility index (Phi) is 5.41. The van der Waals surface area contributed by atoms with Crippen LogP contribution in [0.1, 0.15) is 35.2 Å². The summed E-state index contributed by atoms with van der Waals surface area (Å²) in [6.07, 6.45) is 8.42. The van der Waals surface area contributed by atoms with Crippen molar-refractivity contribution in [1.29, 1.82) is 0 Å². The van der Waals surface area contributed by atoms with Crippen LogP contribution in [0.3, 0.4) is 0 Å². The van der Waals surface area contributed by atoms with E-state index in [-0.39, 0.29) is 0 Å². The number of rotatable bonds is 6. The normalized spacial score (nSPS) is 24.4. The lowest BCUT2D eigenvalue weighted by Crippen LogP contribution is -2.57. The number of piperidine rings is 3. The third-order valence-corrected chi connectivity index (χ3v) is 6.30. The molecular formula is C22H30N4O. The highest BCUT2D eigenvalue weighted by atomic mass is 16.5. The van der Waals surface area contributed by atoms with Crippen LogP contribution in [0.15, 0.2) is 30.7 Å². The summed E-state index contributed by atoms with van der Waals surface area (Å²) in [5.41, 5.74) is 4.65. The minimum absolute atomic E-state index is 0.584. The summed E-state index contributed by atoms with van der Waals surface area (Å²) in [5, 5.41) is 0. The fourth-order valence-electron chi connectivity index (χ4n) is 4.79. The van der Waals surface area contributed by atoms with E-state index in [0.29, 0.717) is 6.04 Å². The number of ether oxygens (including phenoxy) is 1. The second-order valence-corrected chi connectivity index (χ2v) is 8.02. The van der Waals surface area contributed by atoms with E-state index in [2.05, 4.69) is 34.7 Å². The topological polar surface area (TPSA) is 41.5 Å². The lowest BCUT2D eigenvalue weighted by Gasteiger charge is -2.49. The molecule has 3 saturated heterocycles. The van der Waals surface area contributed by atoms with Gasteiger partial charge in [-0.25, -0.2) is 0 Å². The van der Waals surface area contributed by atoms with Crippen molar-refractivity contribution < 1.29 is 4.74 Å². The van der Waals surface area contributed by atoms with Gasteiger partial charge >= 0.3 is 0 Å². The molecular weight excluding hydrogens is 336 g/mol. The van der Waals surface area contributed by atoms with E-state index in [1.807, 2.05) is 24.7 Å². The Hall–Kier alpha value is -1.98. The van der Waals surface area contributed by atoms with Gasteiger partial charge < -0.3 is 9.64 Å². The lowest BCUT2D eigenvalue weighted by atomic mass is 9.83. The maximum absolute atomic E-state index is 5.63. The summed E-state index contributed by atoms with van der Waals surface area (Å²) >= 11 is 0. The maximum Gasteiger partial charge on any atom is 0.128 e. The first kappa shape index (κ1) is 18.4. The van der Waals surface area contributed by atoms with Gasteiger partial charge in [-0.3, -0.25) is 14.9 Å². The Labute approximate surface area is 162 Å². The highest BCUT2D eigenvalue weighted by molar-refractivity contribution is 5.41. The molecule has 3 fully saturated rings. The van der Waals surface area contributed by atoms with Gasteiger partial charge in [-0.05, 0) is 57.3 Å². The van der Waals surface area contributed by atoms with Crippen molar-refractivity contribution in [1.82, 2.24) is 19.8 Å². The minimum Gasteiger partial charge on any atom is -0.496 e. The molecule has 0 unspecified atom stereocenters. The molecule has 0 amide bonds. The molecule has 5 heteroatoms. The number of fused-ring (bicyclic) bond motifs is 3. The van der Waals surface area contributed by atoms with Crippen molar-refractivity contribution in [2.24, 2.45) is 5.92 Å². The summed E-state index contributed by atoms with van der Waals surface area (Å²) in [7, 11) is 1.75. The largest absolute Gasteiger partial charge is 0.496 e. The van der Waals surface area contributed by atoms with E-state index in [9.17, 15) is 0 Å². The van der Waals surface area contributed by atoms with Crippen LogP contribution in [0.2, 0.25) is 0 Å². The summed E-state index contributed by atoms with van der Waals surface area (Å²) < 4.78 is 5.63. The van der Waals surface area contributed by atoms with Crippen LogP contribution < -0.4 is 4.74 Å². The smallest absolute Gasteiger partial charge is 0.128 e. The Morgan fingerprint density at radius 2 is 2.00 bits per heavy atom. The molecule has 0 saturated carbocycles. The standard InChI is InChI=1S/C22H30N4O/c1-16-11-24-20(17(2)22(16)27-3)14-26(13-18-5-4-8-23-12-18)21-15-25-9-6-19(21)7-10-25/h4-5,8,11-12,19,21H,6-7,9-10,13-15H2,1-3H3/t21-/m1/s1. The molecule has 0 aromatic carbocycles. The number of hydrogen-bond acceptors (Lipinski definition) is 5. The Morgan fingerprint density at radius 1 is 1.19 bits per heavy atom. The molecule has 5 heterocycles. The Morgan fingerprint density at radius 3 is 2.63 bits per heavy atom. The summed E-state index contributed by atoms with van der Waals surface area (Å²) in [6.45, 7) is 9.66. The molecule has 2 aromatic rings. The average Bonchev–Trinajstić information content (AvgIpc) is 2.71. The van der Waals surface area contributed by atoms with Crippen molar-refractivity contribution in [2.75, 3.05) is 26.7 Å². The quantitative estimate of drug-likeness (QED) is 0.785. The van der Waals surface area contributed by atoms with Gasteiger partial charge in [-0.1, -0.05) is 6.07 Å². The molecule has 0 N–H and O–H groups in total. The first-order valence-electron chi connectivity index (χ1n) is 10.00. The van der Waals surface area contributed by atoms with E-state index in [1.165, 1.54) is 38.0 Å². The number of aromatic nitrogens is 2. The lowest BCUT2D eigenvalue weighted by molar-refractivity contribution is -0.00326. The molecule has 2 aromatic heterocycles. The molecule has 3 aliphatic rings. The highest BCUT2D eigenvalue weighted by Crippen LogP contribution is 2.33. The van der Waals surface area contributed by atoms with E-state index < -0.39 is 0 Å². The zero-order valence-electron chi connectivity index (χ0n) is 16.7. The van der Waals surface area contributed by atoms with Gasteiger partial charge in [-0.2, -0.15) is 0 Å². The van der Waals surface area contributed by atoms with E-state index in [1.54, 1.807) is 7.11 Å². The first-order valence-corrected chi connectivity index (χ1v) is 10.00. The van der Waals surface area contributed by atoms with Crippen LogP contribution in [0.4, 0.5) is 0 Å². The average molecular weight is 367 g/mol. The maximum atomic E-state index is 5.63. The molecule has 27 heavy (non-hydrogen) atoms. The van der Waals surface area contributed by atoms with Crippen LogP contribution in [0.5, 0.6) is 5.75 Å². The zero-order valence-corrected chi connectivity index (χ0v) is 16.7. The van der Waals surface area contributed by atoms with Gasteiger partial charge in [0.05, 0.1) is 12.8 Å². The summed E-state index contributed by atoms with van der Waals surface area (Å²) in [6, 6.07) is 4.79. The molecule has 5 rings (SSSR count). The number of pyridine rings is 2. The third-order valence-electron chi connectivity index (χ3n) is 6.30. The fourth-order valence-corrected chi connectivity index (χ4v) is 4.79. The zero-order chi connectivity index (χ0) is 18.8. The van der Waals surface area contributed by atoms with Gasteiger partial charge in [0, 0.05) is 55.4 Å². The predicted octanol–water partition coefficient (Wildman–Crippen LogP) is 3.20. The van der Waals surface area contributed by atoms with Gasteiger partial charge in [-0.15, -0.1) is 0 Å². The SMILES string of the molecule is COc1c(C)cnc(CN(Cc2cccnc2)[C@@H]2CN3CCC2CC3)c1C. The van der Waals surface area contributed by atoms with Crippen LogP contribution in [0.25, 0.3) is 0 Å². The van der Waals surface area contributed by atoms with Crippen LogP contribution in [-0.2, 0) is 13.1 Å². The molecule has 5 nitrogen and oxygen atoms in total. The van der Waals surface area contributed by atoms with Crippen LogP contribution in [0, 0.1) is 19.8 Å². The highest BCUT2D eigenvalue weighted by Gasteiger charge is 2.37. The molecule has 0 spiro atoms. The predicted molar refractivity (Wildman–Crippen MR) is 107 cm³/mol. The van der Waals surface area contributed by atoms with E-state index in [0.717, 1.165) is 41.6 Å². The van der Waals surface area contributed by atoms with Gasteiger partial charge in [0.1, 0.15) is 5.75 Å². The molecule has 2 bridgehead atoms. The van der Waals surface area contributed by atoms with Crippen molar-refractivity contribution in [3.8, 4) is 5.75 Å². The summed E-state index contributed by atoms with van der Waals surface area (Å²) in [4.78, 5) is 14.3. The fraction of sp³-hybridized carbons (Fsp3) is 0.545. The minimum atomic E-state index is 0.584. The number of methoxy groups -OCH3 is 1. The van der Waals surface area contributed by atoms with Crippen molar-refractivity contribution >= 4 is 0 Å². The van der Waals surface area contributed by atoms with Gasteiger partial charge in [0.15, 0.2) is 0 Å². The van der Waals surface area contributed by atoms with Gasteiger partial charge in [0.2, 0.25) is 0 Å². The van der Waals surface area contributed by atoms with Gasteiger partial charge in [0.25, 0.3) is 0 Å². The van der Waals surface area contributed by atoms with Crippen LogP contribution >= 0.6 is 0 Å². The third kappa shape index (κ3) is 3.85. The number of aryl methyl sites for hydroxylation is 1. The Bertz CT molecular complexity index is 771. The van der Waals surface area contributed by atoms with Crippen LogP contribution in [-0.4, -0.2) is 52.6 Å². The first-order chi connectivity index (χ1) is 13.2. The molecule has 0 radical (unpaired) electrons. The Balaban J connectivity index is 1.62. The van der Waals surface area contributed by atoms with E-state index >= 15 is 0 Å². The molecule has 0 aliphatic carbocycles. The van der Waals surface area contributed by atoms with Crippen molar-refractivity contribution in [3.05, 3.63) is 53.1 Å². The molecule has 144 valence electrons. The summed E-state index contributed by atoms with van der Waals surface area (Å²) in [5.74, 6) is 1.76. The number of nitrogens with zero attached hydrogens (tertiary/aromatic N) is 4. The van der Waals surface area contributed by atoms with Crippen molar-refractivity contribution in [3.63, 3.8) is 0 Å². The van der Waals surface area contributed by atoms with E-state index in [4.69, 9.17) is 9.72 Å². The second kappa shape index (κ2) is 7.95. The molecule has 1 atom stereocenters. The monoisotopic (exact) mass is 366 g/mol. The number of hydrogen-bond donors (Lipinski definition) is 0. The second-order valence-electron chi connectivity index (χ2n) is 8.02. The van der Waals surface area contributed by atoms with Crippen molar-refractivity contribution in [2.45, 2.75) is 45.8 Å².